The van der Waals surface area contributed by atoms with Crippen LogP contribution in [0.25, 0.3) is 0 Å². The van der Waals surface area contributed by atoms with Gasteiger partial charge in [-0.25, -0.2) is 0 Å². The quantitative estimate of drug-likeness (QED) is 0.773. The second-order valence-corrected chi connectivity index (χ2v) is 7.38. The Bertz CT molecular complexity index is 502. The third kappa shape index (κ3) is 4.48. The van der Waals surface area contributed by atoms with Crippen LogP contribution in [0.15, 0.2) is 6.20 Å². The van der Waals surface area contributed by atoms with E-state index in [0.29, 0.717) is 25.1 Å². The molecule has 3 rings (SSSR count). The van der Waals surface area contributed by atoms with E-state index in [0.717, 1.165) is 30.8 Å². The highest BCUT2D eigenvalue weighted by atomic mass is 16.5. The van der Waals surface area contributed by atoms with Crippen molar-refractivity contribution in [2.75, 3.05) is 13.2 Å². The minimum Gasteiger partial charge on any atom is -0.476 e. The largest absolute Gasteiger partial charge is 0.476 e. The van der Waals surface area contributed by atoms with E-state index in [-0.39, 0.29) is 0 Å². The Labute approximate surface area is 139 Å². The van der Waals surface area contributed by atoms with Gasteiger partial charge in [0.1, 0.15) is 0 Å². The van der Waals surface area contributed by atoms with Gasteiger partial charge in [-0.3, -0.25) is 4.68 Å². The van der Waals surface area contributed by atoms with Gasteiger partial charge in [0.15, 0.2) is 0 Å². The first-order valence-electron chi connectivity index (χ1n) is 9.24. The summed E-state index contributed by atoms with van der Waals surface area (Å²) in [5, 5.41) is 18.1. The van der Waals surface area contributed by atoms with E-state index in [9.17, 15) is 5.11 Å². The SMILES string of the molecule is CCCNC1CCC(n2cc(C)c(OCCC3(O)CC3)n2)CC1. The Balaban J connectivity index is 1.48. The van der Waals surface area contributed by atoms with E-state index in [1.165, 1.54) is 32.1 Å². The molecule has 0 saturated heterocycles. The zero-order valence-corrected chi connectivity index (χ0v) is 14.6. The summed E-state index contributed by atoms with van der Waals surface area (Å²) in [7, 11) is 0. The zero-order chi connectivity index (χ0) is 16.3. The zero-order valence-electron chi connectivity index (χ0n) is 14.6. The van der Waals surface area contributed by atoms with Crippen molar-refractivity contribution in [1.29, 1.82) is 0 Å². The summed E-state index contributed by atoms with van der Waals surface area (Å²) in [4.78, 5) is 0. The third-order valence-electron chi connectivity index (χ3n) is 5.26. The lowest BCUT2D eigenvalue weighted by Gasteiger charge is -2.29. The smallest absolute Gasteiger partial charge is 0.235 e. The standard InChI is InChI=1S/C18H31N3O2/c1-3-11-19-15-4-6-16(7-5-15)21-13-14(2)17(20-21)23-12-10-18(22)8-9-18/h13,15-16,19,22H,3-12H2,1-2H3. The molecule has 0 amide bonds. The number of nitrogens with zero attached hydrogens (tertiary/aromatic N) is 2. The minimum atomic E-state index is -0.444. The van der Waals surface area contributed by atoms with Crippen LogP contribution in [0.5, 0.6) is 5.88 Å². The molecule has 0 aromatic carbocycles. The predicted octanol–water partition coefficient (Wildman–Crippen LogP) is 2.97. The lowest BCUT2D eigenvalue weighted by atomic mass is 9.91. The highest BCUT2D eigenvalue weighted by molar-refractivity contribution is 5.21. The number of aromatic nitrogens is 2. The van der Waals surface area contributed by atoms with Crippen LogP contribution in [0.2, 0.25) is 0 Å². The van der Waals surface area contributed by atoms with Crippen LogP contribution in [0, 0.1) is 6.92 Å². The molecule has 5 nitrogen and oxygen atoms in total. The normalized spacial score (nSPS) is 26.2. The van der Waals surface area contributed by atoms with Gasteiger partial charge in [-0.05, 0) is 58.4 Å². The Kier molecular flexibility index (Phi) is 5.27. The summed E-state index contributed by atoms with van der Waals surface area (Å²) in [6.45, 7) is 5.95. The Hall–Kier alpha value is -1.07. The van der Waals surface area contributed by atoms with Crippen molar-refractivity contribution in [3.05, 3.63) is 11.8 Å². The molecule has 23 heavy (non-hydrogen) atoms. The molecule has 1 aromatic rings. The molecule has 0 unspecified atom stereocenters. The molecule has 2 N–H and O–H groups in total. The number of rotatable bonds is 8. The van der Waals surface area contributed by atoms with Crippen molar-refractivity contribution in [2.45, 2.75) is 82.9 Å². The molecule has 1 aromatic heterocycles. The van der Waals surface area contributed by atoms with E-state index in [1.807, 2.05) is 0 Å². The summed E-state index contributed by atoms with van der Waals surface area (Å²) in [6.07, 6.45) is 10.7. The molecule has 0 radical (unpaired) electrons. The van der Waals surface area contributed by atoms with Crippen molar-refractivity contribution < 1.29 is 9.84 Å². The highest BCUT2D eigenvalue weighted by Gasteiger charge is 2.39. The number of nitrogens with one attached hydrogen (secondary N) is 1. The predicted molar refractivity (Wildman–Crippen MR) is 90.8 cm³/mol. The first-order chi connectivity index (χ1) is 11.1. The molecule has 130 valence electrons. The van der Waals surface area contributed by atoms with Gasteiger partial charge in [0.25, 0.3) is 0 Å². The molecule has 2 fully saturated rings. The fourth-order valence-corrected chi connectivity index (χ4v) is 3.42. The second kappa shape index (κ2) is 7.22. The number of ether oxygens (including phenoxy) is 1. The van der Waals surface area contributed by atoms with E-state index in [2.05, 4.69) is 35.1 Å². The van der Waals surface area contributed by atoms with Crippen molar-refractivity contribution in [3.63, 3.8) is 0 Å². The van der Waals surface area contributed by atoms with E-state index in [4.69, 9.17) is 4.74 Å². The Morgan fingerprint density at radius 1 is 1.35 bits per heavy atom. The number of aliphatic hydroxyl groups is 1. The molecule has 5 heteroatoms. The summed E-state index contributed by atoms with van der Waals surface area (Å²) in [5.74, 6) is 0.737. The lowest BCUT2D eigenvalue weighted by molar-refractivity contribution is 0.115. The van der Waals surface area contributed by atoms with Crippen LogP contribution in [0.3, 0.4) is 0 Å². The lowest BCUT2D eigenvalue weighted by Crippen LogP contribution is -2.34. The van der Waals surface area contributed by atoms with E-state index < -0.39 is 5.60 Å². The molecular weight excluding hydrogens is 290 g/mol. The first-order valence-corrected chi connectivity index (χ1v) is 9.24. The van der Waals surface area contributed by atoms with Gasteiger partial charge in [0, 0.05) is 24.2 Å². The summed E-state index contributed by atoms with van der Waals surface area (Å²) >= 11 is 0. The average Bonchev–Trinajstić information content (AvgIpc) is 3.17. The molecule has 2 aliphatic carbocycles. The topological polar surface area (TPSA) is 59.3 Å². The van der Waals surface area contributed by atoms with Gasteiger partial charge < -0.3 is 15.2 Å². The van der Waals surface area contributed by atoms with Gasteiger partial charge in [-0.1, -0.05) is 6.92 Å². The van der Waals surface area contributed by atoms with Gasteiger partial charge >= 0.3 is 0 Å². The second-order valence-electron chi connectivity index (χ2n) is 7.38. The number of hydrogen-bond acceptors (Lipinski definition) is 4. The summed E-state index contributed by atoms with van der Waals surface area (Å²) in [6, 6.07) is 1.18. The molecule has 2 aliphatic rings. The molecular formula is C18H31N3O2. The maximum Gasteiger partial charge on any atom is 0.235 e. The van der Waals surface area contributed by atoms with Crippen molar-refractivity contribution >= 4 is 0 Å². The molecule has 0 aliphatic heterocycles. The molecule has 0 atom stereocenters. The van der Waals surface area contributed by atoms with E-state index >= 15 is 0 Å². The van der Waals surface area contributed by atoms with Gasteiger partial charge in [0.05, 0.1) is 18.2 Å². The fourth-order valence-electron chi connectivity index (χ4n) is 3.42. The Morgan fingerprint density at radius 3 is 2.74 bits per heavy atom. The number of hydrogen-bond donors (Lipinski definition) is 2. The van der Waals surface area contributed by atoms with E-state index in [1.54, 1.807) is 0 Å². The monoisotopic (exact) mass is 321 g/mol. The summed E-state index contributed by atoms with van der Waals surface area (Å²) < 4.78 is 7.90. The molecule has 0 spiro atoms. The van der Waals surface area contributed by atoms with Crippen LogP contribution < -0.4 is 10.1 Å². The average molecular weight is 321 g/mol. The highest BCUT2D eigenvalue weighted by Crippen LogP contribution is 2.38. The van der Waals surface area contributed by atoms with Crippen LogP contribution >= 0.6 is 0 Å². The molecule has 2 saturated carbocycles. The van der Waals surface area contributed by atoms with Crippen LogP contribution in [-0.2, 0) is 0 Å². The first kappa shape index (κ1) is 16.8. The fraction of sp³-hybridized carbons (Fsp3) is 0.833. The third-order valence-corrected chi connectivity index (χ3v) is 5.26. The van der Waals surface area contributed by atoms with Crippen molar-refractivity contribution in [2.24, 2.45) is 0 Å². The molecule has 1 heterocycles. The van der Waals surface area contributed by atoms with Gasteiger partial charge in [0.2, 0.25) is 5.88 Å². The van der Waals surface area contributed by atoms with Crippen molar-refractivity contribution in [1.82, 2.24) is 15.1 Å². The maximum atomic E-state index is 9.86. The van der Waals surface area contributed by atoms with Gasteiger partial charge in [-0.15, -0.1) is 5.10 Å². The number of aryl methyl sites for hydroxylation is 1. The van der Waals surface area contributed by atoms with Crippen LogP contribution in [-0.4, -0.2) is 39.7 Å². The van der Waals surface area contributed by atoms with Gasteiger partial charge in [-0.2, -0.15) is 0 Å². The Morgan fingerprint density at radius 2 is 2.09 bits per heavy atom. The van der Waals surface area contributed by atoms with Crippen LogP contribution in [0.4, 0.5) is 0 Å². The van der Waals surface area contributed by atoms with Crippen molar-refractivity contribution in [3.8, 4) is 5.88 Å². The minimum absolute atomic E-state index is 0.444. The van der Waals surface area contributed by atoms with Crippen LogP contribution in [0.1, 0.15) is 69.9 Å². The maximum absolute atomic E-state index is 9.86. The molecule has 0 bridgehead atoms. The summed E-state index contributed by atoms with van der Waals surface area (Å²) in [5.41, 5.74) is 0.652.